The molecule has 2 atom stereocenters. The molecule has 0 aromatic carbocycles. The van der Waals surface area contributed by atoms with Crippen LogP contribution in [0.1, 0.15) is 20.3 Å². The van der Waals surface area contributed by atoms with Crippen molar-refractivity contribution < 1.29 is 8.42 Å². The monoisotopic (exact) mass is 293 g/mol. The first kappa shape index (κ1) is 13.3. The Morgan fingerprint density at radius 2 is 1.88 bits per heavy atom. The molecule has 1 aliphatic rings. The summed E-state index contributed by atoms with van der Waals surface area (Å²) in [5.74, 6) is 0.841. The van der Waals surface area contributed by atoms with Gasteiger partial charge in [0, 0.05) is 13.1 Å². The van der Waals surface area contributed by atoms with Crippen molar-refractivity contribution in [3.8, 4) is 0 Å². The van der Waals surface area contributed by atoms with E-state index in [1.807, 2.05) is 0 Å². The molecular formula is C11H16ClNO2S2. The minimum atomic E-state index is -3.34. The molecule has 0 bridgehead atoms. The van der Waals surface area contributed by atoms with Crippen LogP contribution in [0.2, 0.25) is 4.34 Å². The fraction of sp³-hybridized carbons (Fsp3) is 0.636. The molecule has 1 fully saturated rings. The van der Waals surface area contributed by atoms with E-state index in [0.29, 0.717) is 33.5 Å². The summed E-state index contributed by atoms with van der Waals surface area (Å²) in [6, 6.07) is 3.22. The van der Waals surface area contributed by atoms with Gasteiger partial charge in [-0.2, -0.15) is 4.31 Å². The second-order valence-electron chi connectivity index (χ2n) is 4.83. The van der Waals surface area contributed by atoms with Crippen molar-refractivity contribution >= 4 is 33.0 Å². The van der Waals surface area contributed by atoms with E-state index in [0.717, 1.165) is 17.8 Å². The second kappa shape index (κ2) is 4.88. The topological polar surface area (TPSA) is 37.4 Å². The van der Waals surface area contributed by atoms with Crippen molar-refractivity contribution in [2.45, 2.75) is 24.5 Å². The molecule has 6 heteroatoms. The predicted molar refractivity (Wildman–Crippen MR) is 71.0 cm³/mol. The number of hydrogen-bond acceptors (Lipinski definition) is 3. The van der Waals surface area contributed by atoms with Crippen molar-refractivity contribution in [2.24, 2.45) is 11.8 Å². The van der Waals surface area contributed by atoms with Crippen LogP contribution in [0.3, 0.4) is 0 Å². The lowest BCUT2D eigenvalue weighted by atomic mass is 9.94. The smallest absolute Gasteiger partial charge is 0.206 e. The minimum absolute atomic E-state index is 0.351. The van der Waals surface area contributed by atoms with Gasteiger partial charge in [0.2, 0.25) is 0 Å². The number of thiophene rings is 1. The standard InChI is InChI=1S/C11H16ClNO2S2/c1-8-5-9(2)7-13(6-8)17(14,15)11-4-3-10(12)16-11/h3-4,8-9H,5-7H2,1-2H3/t8-,9+. The van der Waals surface area contributed by atoms with E-state index in [9.17, 15) is 8.42 Å². The van der Waals surface area contributed by atoms with Crippen molar-refractivity contribution in [1.29, 1.82) is 0 Å². The van der Waals surface area contributed by atoms with Gasteiger partial charge in [-0.15, -0.1) is 11.3 Å². The number of halogens is 1. The van der Waals surface area contributed by atoms with Gasteiger partial charge < -0.3 is 0 Å². The van der Waals surface area contributed by atoms with Gasteiger partial charge in [0.15, 0.2) is 0 Å². The van der Waals surface area contributed by atoms with Crippen molar-refractivity contribution in [2.75, 3.05) is 13.1 Å². The van der Waals surface area contributed by atoms with Gasteiger partial charge >= 0.3 is 0 Å². The van der Waals surface area contributed by atoms with Gasteiger partial charge in [0.1, 0.15) is 4.21 Å². The van der Waals surface area contributed by atoms with E-state index in [1.54, 1.807) is 16.4 Å². The zero-order valence-electron chi connectivity index (χ0n) is 9.89. The van der Waals surface area contributed by atoms with Crippen LogP contribution in [-0.4, -0.2) is 25.8 Å². The Hall–Kier alpha value is -0.100. The molecular weight excluding hydrogens is 278 g/mol. The molecule has 0 unspecified atom stereocenters. The number of nitrogens with zero attached hydrogens (tertiary/aromatic N) is 1. The summed E-state index contributed by atoms with van der Waals surface area (Å²) in [6.45, 7) is 5.42. The Morgan fingerprint density at radius 1 is 1.29 bits per heavy atom. The van der Waals surface area contributed by atoms with Gasteiger partial charge in [-0.3, -0.25) is 0 Å². The van der Waals surface area contributed by atoms with Crippen LogP contribution in [0, 0.1) is 11.8 Å². The lowest BCUT2D eigenvalue weighted by Gasteiger charge is -2.33. The summed E-state index contributed by atoms with van der Waals surface area (Å²) >= 11 is 6.92. The first-order valence-corrected chi connectivity index (χ1v) is 8.28. The normalized spacial score (nSPS) is 27.2. The van der Waals surface area contributed by atoms with Crippen LogP contribution in [-0.2, 0) is 10.0 Å². The Morgan fingerprint density at radius 3 is 2.35 bits per heavy atom. The number of rotatable bonds is 2. The molecule has 2 rings (SSSR count). The maximum atomic E-state index is 12.4. The number of hydrogen-bond donors (Lipinski definition) is 0. The van der Waals surface area contributed by atoms with Crippen LogP contribution < -0.4 is 0 Å². The van der Waals surface area contributed by atoms with Crippen LogP contribution in [0.25, 0.3) is 0 Å². The summed E-state index contributed by atoms with van der Waals surface area (Å²) in [5.41, 5.74) is 0. The Balaban J connectivity index is 2.26. The van der Waals surface area contributed by atoms with E-state index in [1.165, 1.54) is 0 Å². The highest BCUT2D eigenvalue weighted by Gasteiger charge is 2.32. The first-order chi connectivity index (χ1) is 7.89. The van der Waals surface area contributed by atoms with Crippen molar-refractivity contribution in [3.63, 3.8) is 0 Å². The highest BCUT2D eigenvalue weighted by molar-refractivity contribution is 7.91. The maximum Gasteiger partial charge on any atom is 0.252 e. The molecule has 0 amide bonds. The van der Waals surface area contributed by atoms with E-state index in [-0.39, 0.29) is 0 Å². The molecule has 96 valence electrons. The molecule has 0 spiro atoms. The van der Waals surface area contributed by atoms with Gasteiger partial charge in [0.25, 0.3) is 10.0 Å². The summed E-state index contributed by atoms with van der Waals surface area (Å²) in [6.07, 6.45) is 1.09. The Kier molecular flexibility index (Phi) is 3.83. The SMILES string of the molecule is C[C@@H]1C[C@H](C)CN(S(=O)(=O)c2ccc(Cl)s2)C1. The molecule has 3 nitrogen and oxygen atoms in total. The highest BCUT2D eigenvalue weighted by Crippen LogP contribution is 2.31. The van der Waals surface area contributed by atoms with E-state index < -0.39 is 10.0 Å². The zero-order valence-corrected chi connectivity index (χ0v) is 12.3. The third kappa shape index (κ3) is 2.84. The molecule has 0 radical (unpaired) electrons. The largest absolute Gasteiger partial charge is 0.252 e. The summed E-state index contributed by atoms with van der Waals surface area (Å²) in [7, 11) is -3.34. The molecule has 1 aromatic heterocycles. The Bertz CT molecular complexity index is 487. The van der Waals surface area contributed by atoms with Crippen LogP contribution in [0.4, 0.5) is 0 Å². The van der Waals surface area contributed by atoms with Crippen molar-refractivity contribution in [3.05, 3.63) is 16.5 Å². The predicted octanol–water partition coefficient (Wildman–Crippen LogP) is 3.07. The molecule has 2 heterocycles. The summed E-state index contributed by atoms with van der Waals surface area (Å²) < 4.78 is 27.2. The molecule has 0 N–H and O–H groups in total. The maximum absolute atomic E-state index is 12.4. The van der Waals surface area contributed by atoms with Crippen LogP contribution in [0.5, 0.6) is 0 Å². The first-order valence-electron chi connectivity index (χ1n) is 5.65. The molecule has 1 aromatic rings. The molecule has 1 saturated heterocycles. The van der Waals surface area contributed by atoms with Crippen LogP contribution in [0.15, 0.2) is 16.3 Å². The van der Waals surface area contributed by atoms with Crippen molar-refractivity contribution in [1.82, 2.24) is 4.31 Å². The average Bonchev–Trinajstić information content (AvgIpc) is 2.64. The van der Waals surface area contributed by atoms with Crippen LogP contribution >= 0.6 is 22.9 Å². The third-order valence-electron chi connectivity index (χ3n) is 2.98. The van der Waals surface area contributed by atoms with E-state index in [2.05, 4.69) is 13.8 Å². The number of sulfonamides is 1. The molecule has 0 aliphatic carbocycles. The fourth-order valence-corrected chi connectivity index (χ4v) is 5.68. The van der Waals surface area contributed by atoms with Gasteiger partial charge in [0.05, 0.1) is 4.34 Å². The van der Waals surface area contributed by atoms with E-state index in [4.69, 9.17) is 11.6 Å². The molecule has 1 aliphatic heterocycles. The highest BCUT2D eigenvalue weighted by atomic mass is 35.5. The molecule has 0 saturated carbocycles. The van der Waals surface area contributed by atoms with Gasteiger partial charge in [-0.25, -0.2) is 8.42 Å². The Labute approximate surface area is 111 Å². The quantitative estimate of drug-likeness (QED) is 0.840. The zero-order chi connectivity index (χ0) is 12.6. The molecule has 17 heavy (non-hydrogen) atoms. The fourth-order valence-electron chi connectivity index (χ4n) is 2.37. The van der Waals surface area contributed by atoms with Gasteiger partial charge in [-0.05, 0) is 30.4 Å². The average molecular weight is 294 g/mol. The lowest BCUT2D eigenvalue weighted by molar-refractivity contribution is 0.223. The second-order valence-corrected chi connectivity index (χ2v) is 8.71. The lowest BCUT2D eigenvalue weighted by Crippen LogP contribution is -2.42. The van der Waals surface area contributed by atoms with Gasteiger partial charge in [-0.1, -0.05) is 25.4 Å². The summed E-state index contributed by atoms with van der Waals surface area (Å²) in [4.78, 5) is 0. The number of piperidine rings is 1. The summed E-state index contributed by atoms with van der Waals surface area (Å²) in [5, 5.41) is 0. The van der Waals surface area contributed by atoms with E-state index >= 15 is 0 Å². The minimum Gasteiger partial charge on any atom is -0.206 e. The third-order valence-corrected chi connectivity index (χ3v) is 6.51.